The summed E-state index contributed by atoms with van der Waals surface area (Å²) in [6, 6.07) is 9.82. The summed E-state index contributed by atoms with van der Waals surface area (Å²) in [5.74, 6) is 0. The molecule has 0 radical (unpaired) electrons. The Kier molecular flexibility index (Phi) is 3.06. The SMILES string of the molecule is O=c1c2ccccc2sc2ccc(Cl)c(S(=O)(=O)O)c12. The van der Waals surface area contributed by atoms with Crippen molar-refractivity contribution < 1.29 is 13.0 Å². The third-order valence-electron chi connectivity index (χ3n) is 2.91. The molecule has 1 N–H and O–H groups in total. The fourth-order valence-corrected chi connectivity index (χ4v) is 4.46. The van der Waals surface area contributed by atoms with Gasteiger partial charge in [0.15, 0.2) is 5.43 Å². The van der Waals surface area contributed by atoms with Gasteiger partial charge in [0, 0.05) is 14.8 Å². The highest BCUT2D eigenvalue weighted by Gasteiger charge is 2.22. The van der Waals surface area contributed by atoms with Crippen LogP contribution in [0, 0.1) is 0 Å². The zero-order valence-electron chi connectivity index (χ0n) is 9.83. The molecular formula is C13H7ClO4S2. The van der Waals surface area contributed by atoms with Crippen molar-refractivity contribution in [3.05, 3.63) is 51.6 Å². The zero-order valence-corrected chi connectivity index (χ0v) is 12.2. The molecule has 7 heteroatoms. The van der Waals surface area contributed by atoms with E-state index in [0.717, 1.165) is 4.70 Å². The van der Waals surface area contributed by atoms with Gasteiger partial charge in [0.2, 0.25) is 0 Å². The first-order chi connectivity index (χ1) is 9.39. The standard InChI is InChI=1S/C13H7ClO4S2/c14-8-5-6-10-11(13(8)20(16,17)18)12(15)7-3-1-2-4-9(7)19-10/h1-6H,(H,16,17,18). The minimum absolute atomic E-state index is 0.0660. The minimum atomic E-state index is -4.58. The number of hydrogen-bond acceptors (Lipinski definition) is 4. The first-order valence-corrected chi connectivity index (χ1v) is 8.14. The molecule has 0 saturated carbocycles. The van der Waals surface area contributed by atoms with E-state index in [0.29, 0.717) is 10.1 Å². The van der Waals surface area contributed by atoms with Gasteiger partial charge >= 0.3 is 0 Å². The van der Waals surface area contributed by atoms with E-state index in [2.05, 4.69) is 0 Å². The van der Waals surface area contributed by atoms with Gasteiger partial charge < -0.3 is 0 Å². The molecule has 102 valence electrons. The van der Waals surface area contributed by atoms with E-state index >= 15 is 0 Å². The number of hydrogen-bond donors (Lipinski definition) is 1. The van der Waals surface area contributed by atoms with Crippen LogP contribution in [0.4, 0.5) is 0 Å². The van der Waals surface area contributed by atoms with Crippen molar-refractivity contribution in [3.63, 3.8) is 0 Å². The second-order valence-corrected chi connectivity index (χ2v) is 7.00. The summed E-state index contributed by atoms with van der Waals surface area (Å²) >= 11 is 7.11. The highest BCUT2D eigenvalue weighted by atomic mass is 35.5. The van der Waals surface area contributed by atoms with Crippen molar-refractivity contribution >= 4 is 53.2 Å². The second-order valence-electron chi connectivity index (χ2n) is 4.15. The quantitative estimate of drug-likeness (QED) is 0.550. The fourth-order valence-electron chi connectivity index (χ4n) is 2.09. The van der Waals surface area contributed by atoms with E-state index in [1.165, 1.54) is 17.4 Å². The monoisotopic (exact) mass is 326 g/mol. The van der Waals surface area contributed by atoms with E-state index < -0.39 is 20.4 Å². The predicted octanol–water partition coefficient (Wildman–Crippen LogP) is 3.31. The Morgan fingerprint density at radius 1 is 1.05 bits per heavy atom. The maximum absolute atomic E-state index is 12.5. The lowest BCUT2D eigenvalue weighted by molar-refractivity contribution is 0.484. The van der Waals surface area contributed by atoms with Gasteiger partial charge in [-0.25, -0.2) is 0 Å². The van der Waals surface area contributed by atoms with Crippen LogP contribution >= 0.6 is 22.9 Å². The molecule has 20 heavy (non-hydrogen) atoms. The molecule has 3 aromatic rings. The van der Waals surface area contributed by atoms with Gasteiger partial charge in [0.1, 0.15) is 4.90 Å². The lowest BCUT2D eigenvalue weighted by Crippen LogP contribution is -2.08. The Morgan fingerprint density at radius 2 is 1.75 bits per heavy atom. The average Bonchev–Trinajstić information content (AvgIpc) is 2.38. The molecule has 0 saturated heterocycles. The van der Waals surface area contributed by atoms with Crippen LogP contribution in [0.2, 0.25) is 5.02 Å². The minimum Gasteiger partial charge on any atom is -0.288 e. The van der Waals surface area contributed by atoms with Gasteiger partial charge in [-0.1, -0.05) is 23.7 Å². The number of benzene rings is 2. The normalized spacial score (nSPS) is 12.1. The number of fused-ring (bicyclic) bond motifs is 2. The van der Waals surface area contributed by atoms with E-state index in [9.17, 15) is 17.8 Å². The smallest absolute Gasteiger partial charge is 0.288 e. The topological polar surface area (TPSA) is 71.4 Å². The first kappa shape index (κ1) is 13.5. The Hall–Kier alpha value is -1.47. The molecular weight excluding hydrogens is 320 g/mol. The summed E-state index contributed by atoms with van der Waals surface area (Å²) in [4.78, 5) is 12.0. The van der Waals surface area contributed by atoms with Gasteiger partial charge in [0.05, 0.1) is 10.4 Å². The van der Waals surface area contributed by atoms with Crippen molar-refractivity contribution in [2.24, 2.45) is 0 Å². The number of halogens is 1. The van der Waals surface area contributed by atoms with Crippen molar-refractivity contribution in [3.8, 4) is 0 Å². The van der Waals surface area contributed by atoms with Crippen LogP contribution in [0.3, 0.4) is 0 Å². The molecule has 0 aliphatic heterocycles. The Balaban J connectivity index is 2.68. The molecule has 1 aromatic heterocycles. The van der Waals surface area contributed by atoms with Crippen molar-refractivity contribution in [2.45, 2.75) is 4.90 Å². The zero-order chi connectivity index (χ0) is 14.5. The van der Waals surface area contributed by atoms with Crippen LogP contribution in [-0.4, -0.2) is 13.0 Å². The van der Waals surface area contributed by atoms with Crippen LogP contribution in [0.15, 0.2) is 46.1 Å². The van der Waals surface area contributed by atoms with Crippen LogP contribution in [0.25, 0.3) is 20.2 Å². The summed E-state index contributed by atoms with van der Waals surface area (Å²) in [6.07, 6.45) is 0. The van der Waals surface area contributed by atoms with Crippen LogP contribution in [0.1, 0.15) is 0 Å². The molecule has 0 amide bonds. The maximum atomic E-state index is 12.5. The molecule has 1 heterocycles. The van der Waals surface area contributed by atoms with E-state index in [1.54, 1.807) is 30.3 Å². The highest BCUT2D eigenvalue weighted by Crippen LogP contribution is 2.32. The second kappa shape index (κ2) is 4.53. The predicted molar refractivity (Wildman–Crippen MR) is 80.4 cm³/mol. The fraction of sp³-hybridized carbons (Fsp3) is 0. The summed E-state index contributed by atoms with van der Waals surface area (Å²) < 4.78 is 33.5. The van der Waals surface area contributed by atoms with E-state index in [1.807, 2.05) is 0 Å². The van der Waals surface area contributed by atoms with Crippen LogP contribution < -0.4 is 5.43 Å². The molecule has 0 bridgehead atoms. The Morgan fingerprint density at radius 3 is 2.45 bits per heavy atom. The summed E-state index contributed by atoms with van der Waals surface area (Å²) in [5.41, 5.74) is -0.454. The molecule has 0 spiro atoms. The van der Waals surface area contributed by atoms with Gasteiger partial charge in [-0.2, -0.15) is 8.42 Å². The lowest BCUT2D eigenvalue weighted by Gasteiger charge is -2.06. The summed E-state index contributed by atoms with van der Waals surface area (Å²) in [5, 5.41) is 0.167. The Bertz CT molecular complexity index is 1010. The molecule has 3 rings (SSSR count). The Labute approximate surface area is 123 Å². The molecule has 0 aliphatic carbocycles. The van der Waals surface area contributed by atoms with E-state index in [4.69, 9.17) is 11.6 Å². The van der Waals surface area contributed by atoms with Crippen molar-refractivity contribution in [1.82, 2.24) is 0 Å². The maximum Gasteiger partial charge on any atom is 0.296 e. The highest BCUT2D eigenvalue weighted by molar-refractivity contribution is 7.86. The van der Waals surface area contributed by atoms with Gasteiger partial charge in [0.25, 0.3) is 10.1 Å². The largest absolute Gasteiger partial charge is 0.296 e. The van der Waals surface area contributed by atoms with Gasteiger partial charge in [-0.3, -0.25) is 9.35 Å². The molecule has 0 unspecified atom stereocenters. The van der Waals surface area contributed by atoms with E-state index in [-0.39, 0.29) is 10.4 Å². The molecule has 4 nitrogen and oxygen atoms in total. The van der Waals surface area contributed by atoms with Crippen LogP contribution in [0.5, 0.6) is 0 Å². The molecule has 0 fully saturated rings. The molecule has 0 atom stereocenters. The summed E-state index contributed by atoms with van der Waals surface area (Å²) in [6.45, 7) is 0. The van der Waals surface area contributed by atoms with Crippen LogP contribution in [-0.2, 0) is 10.1 Å². The van der Waals surface area contributed by atoms with Crippen molar-refractivity contribution in [2.75, 3.05) is 0 Å². The lowest BCUT2D eigenvalue weighted by atomic mass is 10.2. The van der Waals surface area contributed by atoms with Gasteiger partial charge in [-0.15, -0.1) is 11.3 Å². The number of rotatable bonds is 1. The van der Waals surface area contributed by atoms with Crippen molar-refractivity contribution in [1.29, 1.82) is 0 Å². The van der Waals surface area contributed by atoms with Gasteiger partial charge in [-0.05, 0) is 24.3 Å². The average molecular weight is 327 g/mol. The summed E-state index contributed by atoms with van der Waals surface area (Å²) in [7, 11) is -4.58. The third kappa shape index (κ3) is 2.01. The molecule has 0 aliphatic rings. The first-order valence-electron chi connectivity index (χ1n) is 5.51. The third-order valence-corrected chi connectivity index (χ3v) is 5.41. The molecule has 2 aromatic carbocycles.